The van der Waals surface area contributed by atoms with Gasteiger partial charge in [-0.1, -0.05) is 32.0 Å². The third-order valence-corrected chi connectivity index (χ3v) is 3.40. The van der Waals surface area contributed by atoms with E-state index in [1.807, 2.05) is 20.8 Å². The van der Waals surface area contributed by atoms with Crippen LogP contribution in [0.25, 0.3) is 0 Å². The molecular formula is C12H18N2O2S. The first-order valence-corrected chi connectivity index (χ1v) is 6.74. The maximum atomic E-state index is 11.5. The second-order valence-electron chi connectivity index (χ2n) is 3.87. The van der Waals surface area contributed by atoms with Gasteiger partial charge in [0, 0.05) is 18.2 Å². The molecule has 0 aliphatic heterocycles. The lowest BCUT2D eigenvalue weighted by molar-refractivity contribution is -0.118. The Balaban J connectivity index is 2.83. The summed E-state index contributed by atoms with van der Waals surface area (Å²) in [6, 6.07) is 1.51. The summed E-state index contributed by atoms with van der Waals surface area (Å²) in [5.41, 5.74) is 0.636. The summed E-state index contributed by atoms with van der Waals surface area (Å²) < 4.78 is 0. The van der Waals surface area contributed by atoms with Gasteiger partial charge in [-0.15, -0.1) is 0 Å². The Bertz CT molecular complexity index is 442. The van der Waals surface area contributed by atoms with E-state index in [0.29, 0.717) is 11.6 Å². The number of thioether (sulfide) groups is 1. The van der Waals surface area contributed by atoms with Crippen molar-refractivity contribution in [2.24, 2.45) is 0 Å². The first-order valence-electron chi connectivity index (χ1n) is 5.86. The number of rotatable bonds is 6. The quantitative estimate of drug-likeness (QED) is 0.624. The zero-order chi connectivity index (χ0) is 12.8. The van der Waals surface area contributed by atoms with Gasteiger partial charge >= 0.3 is 0 Å². The average Bonchev–Trinajstić information content (AvgIpc) is 2.27. The van der Waals surface area contributed by atoms with Crippen molar-refractivity contribution in [3.8, 4) is 0 Å². The number of Topliss-reactive ketones (excluding diaryl/α,β-unsaturated/α-hetero) is 1. The SMILES string of the molecule is CCCc1cc(=O)[nH]c(SC(C)C(=O)CC)n1. The van der Waals surface area contributed by atoms with E-state index in [1.54, 1.807) is 0 Å². The van der Waals surface area contributed by atoms with E-state index in [4.69, 9.17) is 0 Å². The van der Waals surface area contributed by atoms with Crippen LogP contribution in [-0.4, -0.2) is 21.0 Å². The van der Waals surface area contributed by atoms with E-state index >= 15 is 0 Å². The molecule has 0 radical (unpaired) electrons. The largest absolute Gasteiger partial charge is 0.301 e. The van der Waals surface area contributed by atoms with Gasteiger partial charge in [0.2, 0.25) is 0 Å². The molecule has 4 nitrogen and oxygen atoms in total. The molecule has 1 heterocycles. The van der Waals surface area contributed by atoms with Crippen LogP contribution in [0.3, 0.4) is 0 Å². The van der Waals surface area contributed by atoms with Crippen LogP contribution in [0.5, 0.6) is 0 Å². The Morgan fingerprint density at radius 2 is 2.24 bits per heavy atom. The standard InChI is InChI=1S/C12H18N2O2S/c1-4-6-9-7-11(16)14-12(13-9)17-8(3)10(15)5-2/h7-8H,4-6H2,1-3H3,(H,13,14,16). The smallest absolute Gasteiger partial charge is 0.251 e. The Kier molecular flexibility index (Phi) is 5.41. The summed E-state index contributed by atoms with van der Waals surface area (Å²) in [5, 5.41) is 0.371. The van der Waals surface area contributed by atoms with Crippen molar-refractivity contribution < 1.29 is 4.79 Å². The van der Waals surface area contributed by atoms with Gasteiger partial charge in [0.15, 0.2) is 5.16 Å². The number of nitrogens with zero attached hydrogens (tertiary/aromatic N) is 1. The molecule has 17 heavy (non-hydrogen) atoms. The topological polar surface area (TPSA) is 62.8 Å². The summed E-state index contributed by atoms with van der Waals surface area (Å²) in [7, 11) is 0. The monoisotopic (exact) mass is 254 g/mol. The van der Waals surface area contributed by atoms with Gasteiger partial charge in [0.05, 0.1) is 5.25 Å². The highest BCUT2D eigenvalue weighted by Gasteiger charge is 2.14. The second kappa shape index (κ2) is 6.59. The Morgan fingerprint density at radius 3 is 2.82 bits per heavy atom. The summed E-state index contributed by atoms with van der Waals surface area (Å²) in [6.07, 6.45) is 2.24. The third-order valence-electron chi connectivity index (χ3n) is 2.37. The molecule has 0 aromatic carbocycles. The molecule has 0 spiro atoms. The fourth-order valence-electron chi connectivity index (χ4n) is 1.44. The highest BCUT2D eigenvalue weighted by Crippen LogP contribution is 2.20. The van der Waals surface area contributed by atoms with Crippen LogP contribution < -0.4 is 5.56 Å². The predicted molar refractivity (Wildman–Crippen MR) is 69.5 cm³/mol. The van der Waals surface area contributed by atoms with E-state index in [9.17, 15) is 9.59 Å². The highest BCUT2D eigenvalue weighted by atomic mass is 32.2. The summed E-state index contributed by atoms with van der Waals surface area (Å²) >= 11 is 1.31. The molecule has 94 valence electrons. The zero-order valence-electron chi connectivity index (χ0n) is 10.4. The Morgan fingerprint density at radius 1 is 1.53 bits per heavy atom. The number of ketones is 1. The second-order valence-corrected chi connectivity index (χ2v) is 5.20. The molecule has 0 bridgehead atoms. The van der Waals surface area contributed by atoms with Gasteiger partial charge < -0.3 is 4.98 Å². The lowest BCUT2D eigenvalue weighted by atomic mass is 10.2. The molecule has 5 heteroatoms. The fourth-order valence-corrected chi connectivity index (χ4v) is 2.41. The molecule has 1 atom stereocenters. The van der Waals surface area contributed by atoms with E-state index in [2.05, 4.69) is 9.97 Å². The molecule has 1 unspecified atom stereocenters. The number of aromatic amines is 1. The molecule has 1 N–H and O–H groups in total. The molecule has 1 aromatic heterocycles. The number of hydrogen-bond donors (Lipinski definition) is 1. The van der Waals surface area contributed by atoms with Crippen molar-refractivity contribution in [1.82, 2.24) is 9.97 Å². The molecule has 0 aliphatic carbocycles. The van der Waals surface area contributed by atoms with Crippen LogP contribution in [0, 0.1) is 0 Å². The van der Waals surface area contributed by atoms with Gasteiger partial charge in [0.1, 0.15) is 5.78 Å². The number of nitrogens with one attached hydrogen (secondary N) is 1. The van der Waals surface area contributed by atoms with Gasteiger partial charge in [0.25, 0.3) is 5.56 Å². The van der Waals surface area contributed by atoms with E-state index in [1.165, 1.54) is 17.8 Å². The van der Waals surface area contributed by atoms with Crippen molar-refractivity contribution >= 4 is 17.5 Å². The van der Waals surface area contributed by atoms with Gasteiger partial charge in [-0.3, -0.25) is 9.59 Å². The third kappa shape index (κ3) is 4.34. The Labute approximate surface area is 105 Å². The summed E-state index contributed by atoms with van der Waals surface area (Å²) in [4.78, 5) is 29.9. The lowest BCUT2D eigenvalue weighted by Gasteiger charge is -2.08. The minimum absolute atomic E-state index is 0.151. The van der Waals surface area contributed by atoms with Crippen LogP contribution in [0.2, 0.25) is 0 Å². The van der Waals surface area contributed by atoms with E-state index in [-0.39, 0.29) is 16.6 Å². The number of carbonyl (C=O) groups excluding carboxylic acids is 1. The maximum absolute atomic E-state index is 11.5. The summed E-state index contributed by atoms with van der Waals surface area (Å²) in [6.45, 7) is 5.71. The number of aryl methyl sites for hydroxylation is 1. The van der Waals surface area contributed by atoms with Crippen molar-refractivity contribution in [2.75, 3.05) is 0 Å². The molecule has 0 fully saturated rings. The molecular weight excluding hydrogens is 236 g/mol. The fraction of sp³-hybridized carbons (Fsp3) is 0.583. The number of aromatic nitrogens is 2. The molecule has 0 saturated heterocycles. The number of H-pyrrole nitrogens is 1. The Hall–Kier alpha value is -1.10. The lowest BCUT2D eigenvalue weighted by Crippen LogP contribution is -2.15. The maximum Gasteiger partial charge on any atom is 0.251 e. The van der Waals surface area contributed by atoms with E-state index < -0.39 is 0 Å². The van der Waals surface area contributed by atoms with Crippen molar-refractivity contribution in [3.63, 3.8) is 0 Å². The molecule has 0 saturated carbocycles. The van der Waals surface area contributed by atoms with Crippen molar-refractivity contribution in [1.29, 1.82) is 0 Å². The van der Waals surface area contributed by atoms with E-state index in [0.717, 1.165) is 18.5 Å². The van der Waals surface area contributed by atoms with Crippen molar-refractivity contribution in [2.45, 2.75) is 50.4 Å². The number of carbonyl (C=O) groups is 1. The van der Waals surface area contributed by atoms with Crippen LogP contribution >= 0.6 is 11.8 Å². The van der Waals surface area contributed by atoms with Crippen LogP contribution in [0.15, 0.2) is 16.0 Å². The zero-order valence-corrected chi connectivity index (χ0v) is 11.3. The van der Waals surface area contributed by atoms with Crippen LogP contribution in [0.1, 0.15) is 39.3 Å². The minimum atomic E-state index is -0.167. The predicted octanol–water partition coefficient (Wildman–Crippen LogP) is 2.18. The first kappa shape index (κ1) is 14.0. The minimum Gasteiger partial charge on any atom is -0.301 e. The normalized spacial score (nSPS) is 12.4. The first-order chi connectivity index (χ1) is 8.06. The molecule has 1 aromatic rings. The average molecular weight is 254 g/mol. The van der Waals surface area contributed by atoms with Crippen molar-refractivity contribution in [3.05, 3.63) is 22.1 Å². The highest BCUT2D eigenvalue weighted by molar-refractivity contribution is 8.00. The van der Waals surface area contributed by atoms with Gasteiger partial charge in [-0.2, -0.15) is 0 Å². The van der Waals surface area contributed by atoms with Crippen LogP contribution in [0.4, 0.5) is 0 Å². The molecule has 1 rings (SSSR count). The van der Waals surface area contributed by atoms with Crippen LogP contribution in [-0.2, 0) is 11.2 Å². The van der Waals surface area contributed by atoms with Gasteiger partial charge in [-0.05, 0) is 13.3 Å². The molecule has 0 amide bonds. The molecule has 0 aliphatic rings. The van der Waals surface area contributed by atoms with Gasteiger partial charge in [-0.25, -0.2) is 4.98 Å². The number of hydrogen-bond acceptors (Lipinski definition) is 4. The summed E-state index contributed by atoms with van der Waals surface area (Å²) in [5.74, 6) is 0.165.